The molecule has 5 rings (SSSR count). The number of carbonyl (C=O) groups excluding carboxylic acids is 1. The van der Waals surface area contributed by atoms with Gasteiger partial charge in [0.1, 0.15) is 5.82 Å². The van der Waals surface area contributed by atoms with Crippen molar-refractivity contribution in [3.63, 3.8) is 0 Å². The Morgan fingerprint density at radius 3 is 2.96 bits per heavy atom. The molecular weight excluding hydrogens is 383 g/mol. The molecule has 1 aromatic heterocycles. The lowest BCUT2D eigenvalue weighted by Crippen LogP contribution is -2.37. The molecule has 6 nitrogen and oxygen atoms in total. The first-order valence-corrected chi connectivity index (χ1v) is 9.88. The zero-order valence-electron chi connectivity index (χ0n) is 14.9. The van der Waals surface area contributed by atoms with Crippen molar-refractivity contribution in [1.82, 2.24) is 4.98 Å². The number of rotatable bonds is 4. The fourth-order valence-corrected chi connectivity index (χ4v) is 4.43. The molecule has 1 atom stereocenters. The van der Waals surface area contributed by atoms with Crippen LogP contribution in [0.3, 0.4) is 0 Å². The number of thiazole rings is 1. The van der Waals surface area contributed by atoms with E-state index in [1.54, 1.807) is 29.2 Å². The van der Waals surface area contributed by atoms with Crippen LogP contribution in [-0.2, 0) is 4.74 Å². The minimum Gasteiger partial charge on any atom is -0.454 e. The Morgan fingerprint density at radius 2 is 2.11 bits per heavy atom. The minimum atomic E-state index is -0.324. The quantitative estimate of drug-likeness (QED) is 0.663. The number of benzene rings is 2. The van der Waals surface area contributed by atoms with Gasteiger partial charge in [-0.25, -0.2) is 9.37 Å². The third-order valence-corrected chi connectivity index (χ3v) is 5.89. The molecule has 3 heterocycles. The molecule has 1 saturated heterocycles. The first-order valence-electron chi connectivity index (χ1n) is 9.06. The van der Waals surface area contributed by atoms with Gasteiger partial charge in [0.15, 0.2) is 16.6 Å². The van der Waals surface area contributed by atoms with Gasteiger partial charge in [-0.05, 0) is 49.2 Å². The van der Waals surface area contributed by atoms with E-state index in [1.807, 2.05) is 0 Å². The zero-order chi connectivity index (χ0) is 19.1. The molecule has 0 bridgehead atoms. The summed E-state index contributed by atoms with van der Waals surface area (Å²) in [6.45, 7) is 1.24. The third-order valence-electron chi connectivity index (χ3n) is 4.84. The van der Waals surface area contributed by atoms with Crippen LogP contribution in [0.2, 0.25) is 0 Å². The average Bonchev–Trinajstić information content (AvgIpc) is 3.44. The molecule has 1 unspecified atom stereocenters. The van der Waals surface area contributed by atoms with Crippen LogP contribution in [0.15, 0.2) is 36.4 Å². The van der Waals surface area contributed by atoms with Crippen molar-refractivity contribution in [1.29, 1.82) is 0 Å². The van der Waals surface area contributed by atoms with Gasteiger partial charge in [0, 0.05) is 12.2 Å². The Bertz CT molecular complexity index is 1050. The molecule has 0 saturated carbocycles. The normalized spacial score (nSPS) is 18.0. The molecule has 1 amide bonds. The van der Waals surface area contributed by atoms with Crippen LogP contribution in [0.1, 0.15) is 23.2 Å². The monoisotopic (exact) mass is 400 g/mol. The van der Waals surface area contributed by atoms with E-state index in [9.17, 15) is 9.18 Å². The topological polar surface area (TPSA) is 60.9 Å². The van der Waals surface area contributed by atoms with E-state index in [2.05, 4.69) is 4.98 Å². The van der Waals surface area contributed by atoms with Crippen LogP contribution < -0.4 is 14.4 Å². The number of amides is 1. The predicted octanol–water partition coefficient (Wildman–Crippen LogP) is 3.99. The second-order valence-corrected chi connectivity index (χ2v) is 7.74. The molecule has 0 spiro atoms. The summed E-state index contributed by atoms with van der Waals surface area (Å²) >= 11 is 1.29. The standard InChI is InChI=1S/C20H17FN2O4S/c21-13-4-5-15-18(9-13)28-20(22-15)23(10-14-2-1-7-25-14)19(24)12-3-6-16-17(8-12)27-11-26-16/h3-6,8-9,14H,1-2,7,10-11H2. The lowest BCUT2D eigenvalue weighted by molar-refractivity contribution is 0.0917. The van der Waals surface area contributed by atoms with Crippen molar-refractivity contribution in [3.8, 4) is 11.5 Å². The van der Waals surface area contributed by atoms with Crippen LogP contribution >= 0.6 is 11.3 Å². The molecule has 28 heavy (non-hydrogen) atoms. The summed E-state index contributed by atoms with van der Waals surface area (Å²) in [4.78, 5) is 19.5. The summed E-state index contributed by atoms with van der Waals surface area (Å²) in [5.41, 5.74) is 1.14. The molecule has 2 aromatic carbocycles. The highest BCUT2D eigenvalue weighted by Crippen LogP contribution is 2.35. The van der Waals surface area contributed by atoms with E-state index in [0.717, 1.165) is 12.8 Å². The maximum absolute atomic E-state index is 13.6. The highest BCUT2D eigenvalue weighted by Gasteiger charge is 2.28. The fourth-order valence-electron chi connectivity index (χ4n) is 3.43. The van der Waals surface area contributed by atoms with Crippen LogP contribution in [0, 0.1) is 5.82 Å². The summed E-state index contributed by atoms with van der Waals surface area (Å²) in [7, 11) is 0. The summed E-state index contributed by atoms with van der Waals surface area (Å²) in [6.07, 6.45) is 1.83. The Kier molecular flexibility index (Phi) is 4.37. The number of nitrogens with zero attached hydrogens (tertiary/aromatic N) is 2. The fraction of sp³-hybridized carbons (Fsp3) is 0.300. The van der Waals surface area contributed by atoms with E-state index in [4.69, 9.17) is 14.2 Å². The lowest BCUT2D eigenvalue weighted by Gasteiger charge is -2.23. The Labute approximate surface area is 164 Å². The van der Waals surface area contributed by atoms with Gasteiger partial charge in [0.2, 0.25) is 6.79 Å². The minimum absolute atomic E-state index is 0.0401. The van der Waals surface area contributed by atoms with Crippen molar-refractivity contribution < 1.29 is 23.4 Å². The van der Waals surface area contributed by atoms with Gasteiger partial charge in [-0.3, -0.25) is 9.69 Å². The van der Waals surface area contributed by atoms with Crippen molar-refractivity contribution in [2.45, 2.75) is 18.9 Å². The molecular formula is C20H17FN2O4S. The predicted molar refractivity (Wildman–Crippen MR) is 103 cm³/mol. The van der Waals surface area contributed by atoms with E-state index in [1.165, 1.54) is 23.5 Å². The summed E-state index contributed by atoms with van der Waals surface area (Å²) in [5.74, 6) is 0.649. The Morgan fingerprint density at radius 1 is 1.21 bits per heavy atom. The molecule has 0 aliphatic carbocycles. The molecule has 2 aliphatic heterocycles. The molecule has 2 aliphatic rings. The number of hydrogen-bond acceptors (Lipinski definition) is 6. The van der Waals surface area contributed by atoms with Gasteiger partial charge >= 0.3 is 0 Å². The van der Waals surface area contributed by atoms with Gasteiger partial charge in [-0.15, -0.1) is 0 Å². The SMILES string of the molecule is O=C(c1ccc2c(c1)OCO2)N(CC1CCCO1)c1nc2ccc(F)cc2s1. The number of anilines is 1. The van der Waals surface area contributed by atoms with Gasteiger partial charge < -0.3 is 14.2 Å². The number of hydrogen-bond donors (Lipinski definition) is 0. The zero-order valence-corrected chi connectivity index (χ0v) is 15.7. The molecule has 3 aromatic rings. The molecule has 0 radical (unpaired) electrons. The van der Waals surface area contributed by atoms with Crippen LogP contribution in [0.5, 0.6) is 11.5 Å². The van der Waals surface area contributed by atoms with E-state index in [-0.39, 0.29) is 24.6 Å². The highest BCUT2D eigenvalue weighted by molar-refractivity contribution is 7.22. The van der Waals surface area contributed by atoms with Crippen molar-refractivity contribution in [2.24, 2.45) is 0 Å². The second-order valence-electron chi connectivity index (χ2n) is 6.73. The first-order chi connectivity index (χ1) is 13.7. The Balaban J connectivity index is 1.52. The number of halogens is 1. The van der Waals surface area contributed by atoms with E-state index >= 15 is 0 Å². The first kappa shape index (κ1) is 17.4. The van der Waals surface area contributed by atoms with Crippen LogP contribution in [0.4, 0.5) is 9.52 Å². The maximum Gasteiger partial charge on any atom is 0.260 e. The Hall–Kier alpha value is -2.71. The van der Waals surface area contributed by atoms with Crippen molar-refractivity contribution in [2.75, 3.05) is 24.8 Å². The second kappa shape index (κ2) is 7.03. The number of carbonyl (C=O) groups is 1. The summed E-state index contributed by atoms with van der Waals surface area (Å²) in [6, 6.07) is 9.56. The summed E-state index contributed by atoms with van der Waals surface area (Å²) in [5, 5.41) is 0.527. The van der Waals surface area contributed by atoms with Crippen LogP contribution in [-0.4, -0.2) is 36.9 Å². The number of aromatic nitrogens is 1. The van der Waals surface area contributed by atoms with Crippen molar-refractivity contribution in [3.05, 3.63) is 47.8 Å². The molecule has 1 fully saturated rings. The van der Waals surface area contributed by atoms with Crippen molar-refractivity contribution >= 4 is 32.6 Å². The third kappa shape index (κ3) is 3.18. The largest absolute Gasteiger partial charge is 0.454 e. The number of ether oxygens (including phenoxy) is 3. The molecule has 8 heteroatoms. The smallest absolute Gasteiger partial charge is 0.260 e. The molecule has 0 N–H and O–H groups in total. The highest BCUT2D eigenvalue weighted by atomic mass is 32.1. The average molecular weight is 400 g/mol. The summed E-state index contributed by atoms with van der Waals surface area (Å²) < 4.78 is 30.7. The van der Waals surface area contributed by atoms with Gasteiger partial charge in [-0.1, -0.05) is 11.3 Å². The van der Waals surface area contributed by atoms with E-state index in [0.29, 0.717) is 45.6 Å². The lowest BCUT2D eigenvalue weighted by atomic mass is 10.1. The maximum atomic E-state index is 13.6. The van der Waals surface area contributed by atoms with Crippen LogP contribution in [0.25, 0.3) is 10.2 Å². The van der Waals surface area contributed by atoms with Gasteiger partial charge in [-0.2, -0.15) is 0 Å². The number of fused-ring (bicyclic) bond motifs is 2. The molecule has 144 valence electrons. The van der Waals surface area contributed by atoms with Gasteiger partial charge in [0.05, 0.1) is 22.9 Å². The van der Waals surface area contributed by atoms with E-state index < -0.39 is 0 Å². The van der Waals surface area contributed by atoms with Gasteiger partial charge in [0.25, 0.3) is 5.91 Å².